The molecule has 0 aromatic rings. The molecule has 0 aromatic heterocycles. The van der Waals surface area contributed by atoms with Crippen LogP contribution in [-0.2, 0) is 9.59 Å². The van der Waals surface area contributed by atoms with Crippen molar-refractivity contribution >= 4 is 11.8 Å². The van der Waals surface area contributed by atoms with E-state index >= 15 is 0 Å². The molecule has 5 nitrogen and oxygen atoms in total. The highest BCUT2D eigenvalue weighted by Gasteiger charge is 2.37. The fourth-order valence-electron chi connectivity index (χ4n) is 2.41. The Kier molecular flexibility index (Phi) is 5.79. The number of nitrogens with one attached hydrogen (secondary N) is 3. The summed E-state index contributed by atoms with van der Waals surface area (Å²) in [5.74, 6) is 0.149. The predicted octanol–water partition coefficient (Wildman–Crippen LogP) is 0.653. The summed E-state index contributed by atoms with van der Waals surface area (Å²) in [5, 5.41) is 8.84. The van der Waals surface area contributed by atoms with Crippen molar-refractivity contribution in [3.8, 4) is 0 Å². The van der Waals surface area contributed by atoms with E-state index in [2.05, 4.69) is 16.0 Å². The average Bonchev–Trinajstić information content (AvgIpc) is 2.36. The fourth-order valence-corrected chi connectivity index (χ4v) is 2.41. The van der Waals surface area contributed by atoms with E-state index in [1.165, 1.54) is 0 Å². The number of hydrogen-bond donors (Lipinski definition) is 3. The number of carbonyl (C=O) groups excluding carboxylic acids is 2. The molecule has 1 aliphatic rings. The van der Waals surface area contributed by atoms with Crippen LogP contribution >= 0.6 is 0 Å². The summed E-state index contributed by atoms with van der Waals surface area (Å²) in [7, 11) is 0. The second-order valence-electron chi connectivity index (χ2n) is 6.17. The molecule has 0 bridgehead atoms. The summed E-state index contributed by atoms with van der Waals surface area (Å²) in [4.78, 5) is 23.8. The Morgan fingerprint density at radius 2 is 2.05 bits per heavy atom. The molecular weight excluding hydrogens is 242 g/mol. The third kappa shape index (κ3) is 4.82. The lowest BCUT2D eigenvalue weighted by atomic mass is 9.74. The van der Waals surface area contributed by atoms with Crippen molar-refractivity contribution < 1.29 is 9.59 Å². The van der Waals surface area contributed by atoms with Crippen molar-refractivity contribution in [1.29, 1.82) is 0 Å². The molecule has 0 aliphatic carbocycles. The van der Waals surface area contributed by atoms with Crippen molar-refractivity contribution in [3.63, 3.8) is 0 Å². The normalized spacial score (nSPS) is 20.2. The molecule has 0 saturated carbocycles. The van der Waals surface area contributed by atoms with Crippen molar-refractivity contribution in [2.45, 2.75) is 46.6 Å². The number of hydrogen-bond acceptors (Lipinski definition) is 3. The van der Waals surface area contributed by atoms with Crippen LogP contribution in [0.15, 0.2) is 0 Å². The van der Waals surface area contributed by atoms with Gasteiger partial charge in [0.05, 0.1) is 6.54 Å². The summed E-state index contributed by atoms with van der Waals surface area (Å²) in [6, 6.07) is 0.0972. The second-order valence-corrected chi connectivity index (χ2v) is 6.17. The third-order valence-corrected chi connectivity index (χ3v) is 3.76. The largest absolute Gasteiger partial charge is 0.352 e. The van der Waals surface area contributed by atoms with Crippen molar-refractivity contribution in [1.82, 2.24) is 16.0 Å². The first-order valence-corrected chi connectivity index (χ1v) is 7.12. The van der Waals surface area contributed by atoms with Gasteiger partial charge in [-0.3, -0.25) is 9.59 Å². The maximum atomic E-state index is 12.2. The SMILES string of the molecule is CC(C)NC(=O)CNC(=O)C(C)(C)C1CCCNC1. The van der Waals surface area contributed by atoms with Gasteiger partial charge < -0.3 is 16.0 Å². The van der Waals surface area contributed by atoms with Crippen LogP contribution in [0.25, 0.3) is 0 Å². The summed E-state index contributed by atoms with van der Waals surface area (Å²) in [6.07, 6.45) is 2.17. The van der Waals surface area contributed by atoms with E-state index < -0.39 is 5.41 Å². The summed E-state index contributed by atoms with van der Waals surface area (Å²) < 4.78 is 0. The minimum atomic E-state index is -0.439. The lowest BCUT2D eigenvalue weighted by Crippen LogP contribution is -2.49. The minimum absolute atomic E-state index is 0.0416. The zero-order chi connectivity index (χ0) is 14.5. The van der Waals surface area contributed by atoms with E-state index in [1.807, 2.05) is 27.7 Å². The van der Waals surface area contributed by atoms with Crippen LogP contribution in [0, 0.1) is 11.3 Å². The van der Waals surface area contributed by atoms with Gasteiger partial charge in [-0.2, -0.15) is 0 Å². The number of rotatable bonds is 5. The molecule has 1 rings (SSSR count). The Morgan fingerprint density at radius 3 is 2.58 bits per heavy atom. The molecule has 110 valence electrons. The van der Waals surface area contributed by atoms with Gasteiger partial charge in [0.1, 0.15) is 0 Å². The molecule has 1 unspecified atom stereocenters. The van der Waals surface area contributed by atoms with Gasteiger partial charge in [-0.15, -0.1) is 0 Å². The minimum Gasteiger partial charge on any atom is -0.352 e. The van der Waals surface area contributed by atoms with Crippen molar-refractivity contribution in [2.75, 3.05) is 19.6 Å². The van der Waals surface area contributed by atoms with Gasteiger partial charge in [-0.25, -0.2) is 0 Å². The number of amides is 2. The Hall–Kier alpha value is -1.10. The molecule has 3 N–H and O–H groups in total. The van der Waals surface area contributed by atoms with Gasteiger partial charge in [0.15, 0.2) is 0 Å². The number of piperidine rings is 1. The first-order valence-electron chi connectivity index (χ1n) is 7.12. The smallest absolute Gasteiger partial charge is 0.239 e. The molecule has 2 amide bonds. The highest BCUT2D eigenvalue weighted by molar-refractivity contribution is 5.87. The molecule has 1 saturated heterocycles. The standard InChI is InChI=1S/C14H27N3O2/c1-10(2)17-12(18)9-16-13(19)14(3,4)11-6-5-7-15-8-11/h10-11,15H,5-9H2,1-4H3,(H,16,19)(H,17,18). The maximum absolute atomic E-state index is 12.2. The van der Waals surface area contributed by atoms with E-state index in [-0.39, 0.29) is 24.4 Å². The molecular formula is C14H27N3O2. The van der Waals surface area contributed by atoms with E-state index in [0.29, 0.717) is 5.92 Å². The monoisotopic (exact) mass is 269 g/mol. The zero-order valence-electron chi connectivity index (χ0n) is 12.5. The highest BCUT2D eigenvalue weighted by atomic mass is 16.2. The first kappa shape index (κ1) is 16.0. The van der Waals surface area contributed by atoms with Gasteiger partial charge in [0.2, 0.25) is 11.8 Å². The van der Waals surface area contributed by atoms with E-state index in [1.54, 1.807) is 0 Å². The highest BCUT2D eigenvalue weighted by Crippen LogP contribution is 2.31. The van der Waals surface area contributed by atoms with E-state index in [0.717, 1.165) is 25.9 Å². The van der Waals surface area contributed by atoms with Gasteiger partial charge in [-0.05, 0) is 45.7 Å². The molecule has 1 fully saturated rings. The third-order valence-electron chi connectivity index (χ3n) is 3.76. The predicted molar refractivity (Wildman–Crippen MR) is 75.7 cm³/mol. The summed E-state index contributed by atoms with van der Waals surface area (Å²) in [5.41, 5.74) is -0.439. The summed E-state index contributed by atoms with van der Waals surface area (Å²) >= 11 is 0. The van der Waals surface area contributed by atoms with Gasteiger partial charge in [-0.1, -0.05) is 13.8 Å². The Balaban J connectivity index is 2.44. The molecule has 1 heterocycles. The first-order chi connectivity index (χ1) is 8.84. The van der Waals surface area contributed by atoms with Crippen molar-refractivity contribution in [2.24, 2.45) is 11.3 Å². The van der Waals surface area contributed by atoms with Crippen LogP contribution in [0.3, 0.4) is 0 Å². The van der Waals surface area contributed by atoms with Gasteiger partial charge in [0.25, 0.3) is 0 Å². The molecule has 0 spiro atoms. The van der Waals surface area contributed by atoms with Crippen LogP contribution in [0.1, 0.15) is 40.5 Å². The van der Waals surface area contributed by atoms with Crippen LogP contribution < -0.4 is 16.0 Å². The van der Waals surface area contributed by atoms with Crippen LogP contribution in [0.2, 0.25) is 0 Å². The Labute approximate surface area is 115 Å². The maximum Gasteiger partial charge on any atom is 0.239 e. The average molecular weight is 269 g/mol. The fraction of sp³-hybridized carbons (Fsp3) is 0.857. The Bertz CT molecular complexity index is 321. The van der Waals surface area contributed by atoms with Crippen LogP contribution in [0.5, 0.6) is 0 Å². The summed E-state index contributed by atoms with van der Waals surface area (Å²) in [6.45, 7) is 9.68. The molecule has 5 heteroatoms. The molecule has 0 radical (unpaired) electrons. The Morgan fingerprint density at radius 1 is 1.37 bits per heavy atom. The van der Waals surface area contributed by atoms with Crippen LogP contribution in [-0.4, -0.2) is 37.5 Å². The molecule has 1 atom stereocenters. The van der Waals surface area contributed by atoms with Crippen LogP contribution in [0.4, 0.5) is 0 Å². The van der Waals surface area contributed by atoms with Gasteiger partial charge in [0, 0.05) is 11.5 Å². The molecule has 1 aliphatic heterocycles. The topological polar surface area (TPSA) is 70.2 Å². The number of carbonyl (C=O) groups is 2. The van der Waals surface area contributed by atoms with E-state index in [4.69, 9.17) is 0 Å². The molecule has 19 heavy (non-hydrogen) atoms. The lowest BCUT2D eigenvalue weighted by molar-refractivity contribution is -0.134. The molecule has 0 aromatic carbocycles. The van der Waals surface area contributed by atoms with Gasteiger partial charge >= 0.3 is 0 Å². The lowest BCUT2D eigenvalue weighted by Gasteiger charge is -2.36. The zero-order valence-corrected chi connectivity index (χ0v) is 12.5. The van der Waals surface area contributed by atoms with E-state index in [9.17, 15) is 9.59 Å². The quantitative estimate of drug-likeness (QED) is 0.686. The second kappa shape index (κ2) is 6.89. The van der Waals surface area contributed by atoms with Crippen molar-refractivity contribution in [3.05, 3.63) is 0 Å².